The number of nitrogens with two attached hydrogens (primary N) is 1. The summed E-state index contributed by atoms with van der Waals surface area (Å²) in [5, 5.41) is 8.33. The fourth-order valence-electron chi connectivity index (χ4n) is 0.706. The van der Waals surface area contributed by atoms with Gasteiger partial charge in [0, 0.05) is 6.61 Å². The molecule has 0 radical (unpaired) electrons. The molecule has 2 atom stereocenters. The van der Waals surface area contributed by atoms with Crippen molar-refractivity contribution in [3.05, 3.63) is 0 Å². The zero-order valence-corrected chi connectivity index (χ0v) is 6.23. The summed E-state index contributed by atoms with van der Waals surface area (Å²) in [4.78, 5) is 0. The summed E-state index contributed by atoms with van der Waals surface area (Å²) in [7, 11) is 0. The van der Waals surface area contributed by atoms with Gasteiger partial charge >= 0.3 is 6.18 Å². The fourth-order valence-corrected chi connectivity index (χ4v) is 0.706. The first kappa shape index (κ1) is 10.7. The SMILES string of the molecule is CC(CCO)C(N)C(F)(F)F. The quantitative estimate of drug-likeness (QED) is 0.662. The predicted octanol–water partition coefficient (Wildman–Crippen LogP) is 0.895. The highest BCUT2D eigenvalue weighted by atomic mass is 19.4. The van der Waals surface area contributed by atoms with Crippen LogP contribution in [0.4, 0.5) is 13.2 Å². The van der Waals surface area contributed by atoms with E-state index in [2.05, 4.69) is 0 Å². The summed E-state index contributed by atoms with van der Waals surface area (Å²) in [6, 6.07) is -1.82. The Morgan fingerprint density at radius 2 is 1.91 bits per heavy atom. The smallest absolute Gasteiger partial charge is 0.396 e. The minimum absolute atomic E-state index is 0.0840. The second kappa shape index (κ2) is 3.92. The third-order valence-corrected chi connectivity index (χ3v) is 1.58. The van der Waals surface area contributed by atoms with E-state index in [0.29, 0.717) is 0 Å². The molecule has 0 saturated heterocycles. The first-order valence-electron chi connectivity index (χ1n) is 3.32. The van der Waals surface area contributed by atoms with Crippen LogP contribution in [0.15, 0.2) is 0 Å². The second-order valence-corrected chi connectivity index (χ2v) is 2.56. The van der Waals surface area contributed by atoms with Gasteiger partial charge < -0.3 is 10.8 Å². The van der Waals surface area contributed by atoms with Crippen LogP contribution < -0.4 is 5.73 Å². The van der Waals surface area contributed by atoms with Crippen molar-refractivity contribution < 1.29 is 18.3 Å². The molecule has 0 aliphatic carbocycles. The van der Waals surface area contributed by atoms with E-state index < -0.39 is 18.1 Å². The van der Waals surface area contributed by atoms with Crippen LogP contribution in [0.3, 0.4) is 0 Å². The fraction of sp³-hybridized carbons (Fsp3) is 1.00. The van der Waals surface area contributed by atoms with E-state index in [1.165, 1.54) is 6.92 Å². The Bertz CT molecular complexity index is 115. The van der Waals surface area contributed by atoms with Gasteiger partial charge in [0.25, 0.3) is 0 Å². The lowest BCUT2D eigenvalue weighted by Gasteiger charge is -2.21. The van der Waals surface area contributed by atoms with Crippen LogP contribution in [0.1, 0.15) is 13.3 Å². The molecule has 0 spiro atoms. The van der Waals surface area contributed by atoms with Gasteiger partial charge in [0.05, 0.1) is 0 Å². The van der Waals surface area contributed by atoms with Crippen molar-refractivity contribution in [3.8, 4) is 0 Å². The number of halogens is 3. The Morgan fingerprint density at radius 1 is 1.45 bits per heavy atom. The normalized spacial score (nSPS) is 18.0. The van der Waals surface area contributed by atoms with E-state index in [9.17, 15) is 13.2 Å². The van der Waals surface area contributed by atoms with Crippen molar-refractivity contribution in [2.45, 2.75) is 25.6 Å². The predicted molar refractivity (Wildman–Crippen MR) is 34.9 cm³/mol. The van der Waals surface area contributed by atoms with Gasteiger partial charge in [-0.25, -0.2) is 0 Å². The van der Waals surface area contributed by atoms with E-state index in [4.69, 9.17) is 10.8 Å². The van der Waals surface area contributed by atoms with Gasteiger partial charge in [0.2, 0.25) is 0 Å². The zero-order valence-electron chi connectivity index (χ0n) is 6.23. The average molecular weight is 171 g/mol. The maximum Gasteiger partial charge on any atom is 0.403 e. The van der Waals surface area contributed by atoms with Gasteiger partial charge in [-0.15, -0.1) is 0 Å². The molecule has 0 aliphatic rings. The highest BCUT2D eigenvalue weighted by Gasteiger charge is 2.39. The Hall–Kier alpha value is -0.290. The van der Waals surface area contributed by atoms with Crippen LogP contribution >= 0.6 is 0 Å². The van der Waals surface area contributed by atoms with E-state index >= 15 is 0 Å². The molecule has 0 heterocycles. The summed E-state index contributed by atoms with van der Waals surface area (Å²) in [6.07, 6.45) is -4.27. The van der Waals surface area contributed by atoms with Gasteiger partial charge in [0.1, 0.15) is 6.04 Å². The minimum atomic E-state index is -4.35. The lowest BCUT2D eigenvalue weighted by molar-refractivity contribution is -0.158. The molecule has 2 unspecified atom stereocenters. The zero-order chi connectivity index (χ0) is 9.07. The molecular weight excluding hydrogens is 159 g/mol. The van der Waals surface area contributed by atoms with Crippen LogP contribution in [-0.4, -0.2) is 23.9 Å². The topological polar surface area (TPSA) is 46.2 Å². The third-order valence-electron chi connectivity index (χ3n) is 1.58. The molecule has 0 aromatic rings. The van der Waals surface area contributed by atoms with Gasteiger partial charge in [0.15, 0.2) is 0 Å². The molecule has 0 fully saturated rings. The van der Waals surface area contributed by atoms with Gasteiger partial charge in [-0.05, 0) is 12.3 Å². The van der Waals surface area contributed by atoms with Crippen molar-refractivity contribution >= 4 is 0 Å². The van der Waals surface area contributed by atoms with Crippen LogP contribution in [0.2, 0.25) is 0 Å². The Balaban J connectivity index is 3.91. The Labute approximate surface area is 63.2 Å². The molecule has 0 aliphatic heterocycles. The van der Waals surface area contributed by atoms with Gasteiger partial charge in [-0.3, -0.25) is 0 Å². The van der Waals surface area contributed by atoms with E-state index in [1.807, 2.05) is 0 Å². The number of alkyl halides is 3. The van der Waals surface area contributed by atoms with Crippen LogP contribution in [0.25, 0.3) is 0 Å². The largest absolute Gasteiger partial charge is 0.403 e. The van der Waals surface area contributed by atoms with E-state index in [1.54, 1.807) is 0 Å². The molecule has 0 saturated carbocycles. The van der Waals surface area contributed by atoms with Crippen molar-refractivity contribution in [2.24, 2.45) is 11.7 Å². The second-order valence-electron chi connectivity index (χ2n) is 2.56. The summed E-state index contributed by atoms with van der Waals surface area (Å²) < 4.78 is 35.4. The number of aliphatic hydroxyl groups excluding tert-OH is 1. The standard InChI is InChI=1S/C6H12F3NO/c1-4(2-3-11)5(10)6(7,8)9/h4-5,11H,2-3,10H2,1H3. The number of aliphatic hydroxyl groups is 1. The first-order chi connectivity index (χ1) is 4.89. The average Bonchev–Trinajstić information content (AvgIpc) is 1.85. The summed E-state index contributed by atoms with van der Waals surface area (Å²) in [6.45, 7) is 1.11. The number of hydrogen-bond donors (Lipinski definition) is 2. The van der Waals surface area contributed by atoms with Crippen molar-refractivity contribution in [2.75, 3.05) is 6.61 Å². The van der Waals surface area contributed by atoms with Gasteiger partial charge in [-0.1, -0.05) is 6.92 Å². The summed E-state index contributed by atoms with van der Waals surface area (Å²) in [5.74, 6) is -0.722. The Morgan fingerprint density at radius 3 is 2.18 bits per heavy atom. The molecule has 3 N–H and O–H groups in total. The van der Waals surface area contributed by atoms with Crippen molar-refractivity contribution in [3.63, 3.8) is 0 Å². The lowest BCUT2D eigenvalue weighted by Crippen LogP contribution is -2.42. The van der Waals surface area contributed by atoms with Crippen molar-refractivity contribution in [1.29, 1.82) is 0 Å². The molecule has 0 bridgehead atoms. The molecule has 11 heavy (non-hydrogen) atoms. The highest BCUT2D eigenvalue weighted by molar-refractivity contribution is 4.76. The van der Waals surface area contributed by atoms with Crippen LogP contribution in [-0.2, 0) is 0 Å². The molecule has 68 valence electrons. The highest BCUT2D eigenvalue weighted by Crippen LogP contribution is 2.24. The van der Waals surface area contributed by atoms with Crippen molar-refractivity contribution in [1.82, 2.24) is 0 Å². The monoisotopic (exact) mass is 171 g/mol. The maximum atomic E-state index is 11.8. The number of hydrogen-bond acceptors (Lipinski definition) is 2. The molecule has 0 aromatic carbocycles. The lowest BCUT2D eigenvalue weighted by atomic mass is 9.99. The van der Waals surface area contributed by atoms with Crippen LogP contribution in [0, 0.1) is 5.92 Å². The molecule has 2 nitrogen and oxygen atoms in total. The minimum Gasteiger partial charge on any atom is -0.396 e. The van der Waals surface area contributed by atoms with E-state index in [-0.39, 0.29) is 13.0 Å². The maximum absolute atomic E-state index is 11.8. The first-order valence-corrected chi connectivity index (χ1v) is 3.32. The molecule has 0 rings (SSSR count). The molecule has 5 heteroatoms. The summed E-state index contributed by atoms with van der Waals surface area (Å²) >= 11 is 0. The number of rotatable bonds is 3. The summed E-state index contributed by atoms with van der Waals surface area (Å²) in [5.41, 5.74) is 4.84. The van der Waals surface area contributed by atoms with Gasteiger partial charge in [-0.2, -0.15) is 13.2 Å². The Kier molecular flexibility index (Phi) is 3.82. The molecular formula is C6H12F3NO. The third kappa shape index (κ3) is 3.57. The van der Waals surface area contributed by atoms with E-state index in [0.717, 1.165) is 0 Å². The molecule has 0 amide bonds. The van der Waals surface area contributed by atoms with Crippen LogP contribution in [0.5, 0.6) is 0 Å². The molecule has 0 aromatic heterocycles.